The minimum absolute atomic E-state index is 0.345. The molecular weight excluding hydrogens is 1020 g/mol. The molecule has 0 fully saturated rings. The molecule has 0 aliphatic rings. The van der Waals surface area contributed by atoms with Crippen molar-refractivity contribution in [2.75, 3.05) is 0 Å². The van der Waals surface area contributed by atoms with Gasteiger partial charge < -0.3 is 0 Å². The topological polar surface area (TPSA) is 221 Å². The van der Waals surface area contributed by atoms with Crippen LogP contribution in [0.1, 0.15) is 33.4 Å². The molecule has 0 atom stereocenters. The summed E-state index contributed by atoms with van der Waals surface area (Å²) in [5.41, 5.74) is 2.55. The summed E-state index contributed by atoms with van der Waals surface area (Å²) in [5, 5.41) is 58.1. The van der Waals surface area contributed by atoms with E-state index in [1.54, 1.807) is 33.9 Å². The Hall–Kier alpha value is -10.1. The summed E-state index contributed by atoms with van der Waals surface area (Å²) in [7, 11) is 0. The van der Waals surface area contributed by atoms with Gasteiger partial charge in [0.25, 0.3) is 0 Å². The van der Waals surface area contributed by atoms with E-state index in [9.17, 15) is 40.5 Å². The van der Waals surface area contributed by atoms with Gasteiger partial charge in [0.15, 0.2) is 0 Å². The van der Waals surface area contributed by atoms with E-state index < -0.39 is 53.5 Å². The van der Waals surface area contributed by atoms with Crippen molar-refractivity contribution < 1.29 is 19.7 Å². The van der Waals surface area contributed by atoms with Crippen LogP contribution < -0.4 is 0 Å². The average Bonchev–Trinajstić information content (AvgIpc) is 4.00. The van der Waals surface area contributed by atoms with Gasteiger partial charge in [0.05, 0.1) is 30.7 Å². The van der Waals surface area contributed by atoms with E-state index in [2.05, 4.69) is 20.9 Å². The van der Waals surface area contributed by atoms with Crippen LogP contribution >= 0.6 is 15.9 Å². The normalized spacial score (nSPS) is 11.4. The summed E-state index contributed by atoms with van der Waals surface area (Å²) in [6.45, 7) is 0. The molecule has 0 aliphatic carbocycles. The van der Waals surface area contributed by atoms with Gasteiger partial charge in [0.2, 0.25) is 0 Å². The minimum Gasteiger partial charge on any atom is -0.265 e. The number of nitro groups is 4. The summed E-state index contributed by atoms with van der Waals surface area (Å²) in [5.74, 6) is 0. The SMILES string of the molecule is O=[N+]([O-])c1cc2c(-c3ccncc3)nn(C(c3ccccc3)(c3ccccc3)c3ccccc3)c2cc1[N+](=O)[O-].O=[N+]([O-])c1cc2c(Br)nn(C(c3ccccc3)(c3ccccc3)c3ccccc3)c2cc1[N+](=O)[O-]. The Morgan fingerprint density at radius 1 is 0.373 bits per heavy atom. The number of hydrogen-bond acceptors (Lipinski definition) is 11. The lowest BCUT2D eigenvalue weighted by molar-refractivity contribution is -0.422. The molecule has 0 N–H and O–H groups in total. The first-order valence-corrected chi connectivity index (χ1v) is 23.9. The highest BCUT2D eigenvalue weighted by molar-refractivity contribution is 9.10. The number of halogens is 1. The first kappa shape index (κ1) is 48.6. The van der Waals surface area contributed by atoms with E-state index in [4.69, 9.17) is 10.2 Å². The first-order chi connectivity index (χ1) is 36.5. The van der Waals surface area contributed by atoms with E-state index in [0.717, 1.165) is 33.4 Å². The standard InChI is InChI=1S/C31H21N5O4.C26H17BrN4O4/c37-35(38)28-20-26-27(21-29(28)36(39)40)34(33-30(26)22-16-18-32-19-17-22)31(23-10-4-1-5-11-23,24-12-6-2-7-13-24)25-14-8-3-9-15-25;27-25-21-16-23(30(32)33)24(31(34)35)17-22(21)29(28-25)26(18-10-4-1-5-11-18,19-12-6-2-7-13-19)20-14-8-3-9-15-20/h1-21H;1-17H. The van der Waals surface area contributed by atoms with Gasteiger partial charge >= 0.3 is 22.7 Å². The average molecular weight is 1060 g/mol. The van der Waals surface area contributed by atoms with Gasteiger partial charge in [-0.25, -0.2) is 9.36 Å². The number of fused-ring (bicyclic) bond motifs is 2. The van der Waals surface area contributed by atoms with Crippen LogP contribution in [0.15, 0.2) is 235 Å². The summed E-state index contributed by atoms with van der Waals surface area (Å²) in [6.07, 6.45) is 3.22. The smallest absolute Gasteiger partial charge is 0.265 e. The van der Waals surface area contributed by atoms with Gasteiger partial charge in [-0.2, -0.15) is 10.2 Å². The molecule has 0 saturated carbocycles. The van der Waals surface area contributed by atoms with Crippen LogP contribution in [0, 0.1) is 40.5 Å². The molecule has 17 nitrogen and oxygen atoms in total. The lowest BCUT2D eigenvalue weighted by Crippen LogP contribution is -2.38. The van der Waals surface area contributed by atoms with Crippen molar-refractivity contribution in [1.29, 1.82) is 0 Å². The maximum Gasteiger partial charge on any atom is 0.348 e. The second-order valence-electron chi connectivity index (χ2n) is 17.1. The van der Waals surface area contributed by atoms with Gasteiger partial charge in [-0.3, -0.25) is 45.4 Å². The molecule has 366 valence electrons. The van der Waals surface area contributed by atoms with Crippen molar-refractivity contribution in [3.63, 3.8) is 0 Å². The second-order valence-corrected chi connectivity index (χ2v) is 17.8. The molecule has 11 rings (SSSR count). The molecule has 0 aliphatic heterocycles. The molecule has 0 bridgehead atoms. The third-order valence-electron chi connectivity index (χ3n) is 13.0. The van der Waals surface area contributed by atoms with Crippen LogP contribution in [0.4, 0.5) is 22.7 Å². The number of nitro benzene ring substituents is 4. The Labute approximate surface area is 434 Å². The first-order valence-electron chi connectivity index (χ1n) is 23.1. The van der Waals surface area contributed by atoms with Crippen LogP contribution in [0.3, 0.4) is 0 Å². The predicted molar refractivity (Wildman–Crippen MR) is 286 cm³/mol. The Balaban J connectivity index is 0.000000173. The number of aromatic nitrogens is 5. The highest BCUT2D eigenvalue weighted by Crippen LogP contribution is 2.48. The monoisotopic (exact) mass is 1060 g/mol. The second kappa shape index (κ2) is 20.2. The molecule has 0 saturated heterocycles. The third-order valence-corrected chi connectivity index (χ3v) is 13.6. The Kier molecular flexibility index (Phi) is 13.1. The number of rotatable bonds is 13. The Morgan fingerprint density at radius 3 is 0.973 bits per heavy atom. The fourth-order valence-electron chi connectivity index (χ4n) is 9.87. The number of nitrogens with zero attached hydrogens (tertiary/aromatic N) is 9. The van der Waals surface area contributed by atoms with Crippen molar-refractivity contribution in [3.05, 3.63) is 309 Å². The summed E-state index contributed by atoms with van der Waals surface area (Å²) >= 11 is 3.45. The van der Waals surface area contributed by atoms with Crippen LogP contribution in [-0.2, 0) is 11.1 Å². The minimum atomic E-state index is -1.09. The van der Waals surface area contributed by atoms with Gasteiger partial charge in [0, 0.05) is 53.0 Å². The zero-order chi connectivity index (χ0) is 52.3. The number of hydrogen-bond donors (Lipinski definition) is 0. The zero-order valence-electron chi connectivity index (χ0n) is 39.1. The van der Waals surface area contributed by atoms with Crippen molar-refractivity contribution in [2.45, 2.75) is 11.1 Å². The van der Waals surface area contributed by atoms with Gasteiger partial charge in [0.1, 0.15) is 21.4 Å². The highest BCUT2D eigenvalue weighted by atomic mass is 79.9. The fourth-order valence-corrected chi connectivity index (χ4v) is 10.3. The molecule has 3 aromatic heterocycles. The largest absolute Gasteiger partial charge is 0.348 e. The molecule has 0 radical (unpaired) electrons. The van der Waals surface area contributed by atoms with Crippen LogP contribution in [0.5, 0.6) is 0 Å². The van der Waals surface area contributed by atoms with Crippen LogP contribution in [0.25, 0.3) is 33.1 Å². The maximum atomic E-state index is 12.1. The van der Waals surface area contributed by atoms with E-state index in [0.29, 0.717) is 37.7 Å². The van der Waals surface area contributed by atoms with Crippen molar-refractivity contribution >= 4 is 60.5 Å². The summed E-state index contributed by atoms with van der Waals surface area (Å²) < 4.78 is 3.82. The zero-order valence-corrected chi connectivity index (χ0v) is 40.7. The molecule has 11 aromatic rings. The lowest BCUT2D eigenvalue weighted by atomic mass is 9.77. The number of pyridine rings is 1. The van der Waals surface area contributed by atoms with Crippen LogP contribution in [-0.4, -0.2) is 44.2 Å². The van der Waals surface area contributed by atoms with E-state index in [-0.39, 0.29) is 0 Å². The fraction of sp³-hybridized carbons (Fsp3) is 0.0351. The van der Waals surface area contributed by atoms with Crippen molar-refractivity contribution in [3.8, 4) is 11.3 Å². The molecule has 0 amide bonds. The Morgan fingerprint density at radius 2 is 0.653 bits per heavy atom. The summed E-state index contributed by atoms with van der Waals surface area (Å²) in [6, 6.07) is 66.8. The van der Waals surface area contributed by atoms with Crippen LogP contribution in [0.2, 0.25) is 0 Å². The van der Waals surface area contributed by atoms with E-state index >= 15 is 0 Å². The van der Waals surface area contributed by atoms with E-state index in [1.165, 1.54) is 24.3 Å². The quantitative estimate of drug-likeness (QED) is 0.0600. The molecule has 75 heavy (non-hydrogen) atoms. The number of benzene rings is 8. The maximum absolute atomic E-state index is 12.1. The van der Waals surface area contributed by atoms with Gasteiger partial charge in [-0.1, -0.05) is 182 Å². The van der Waals surface area contributed by atoms with Crippen molar-refractivity contribution in [1.82, 2.24) is 24.5 Å². The molecule has 3 heterocycles. The van der Waals surface area contributed by atoms with E-state index in [1.807, 2.05) is 182 Å². The van der Waals surface area contributed by atoms with Crippen molar-refractivity contribution in [2.24, 2.45) is 0 Å². The lowest BCUT2D eigenvalue weighted by Gasteiger charge is -2.37. The molecule has 0 spiro atoms. The van der Waals surface area contributed by atoms with Gasteiger partial charge in [-0.15, -0.1) is 0 Å². The molecule has 0 unspecified atom stereocenters. The van der Waals surface area contributed by atoms with Gasteiger partial charge in [-0.05, 0) is 61.4 Å². The molecule has 18 heteroatoms. The highest BCUT2D eigenvalue weighted by Gasteiger charge is 2.44. The molecule has 8 aromatic carbocycles. The summed E-state index contributed by atoms with van der Waals surface area (Å²) in [4.78, 5) is 48.6. The predicted octanol–water partition coefficient (Wildman–Crippen LogP) is 13.2. The Bertz CT molecular complexity index is 3720. The third kappa shape index (κ3) is 8.49. The molecular formula is C57H38BrN9O8.